The molecule has 0 aliphatic heterocycles. The number of nitrogens with zero attached hydrogens (tertiary/aromatic N) is 1. The number of hydrogen-bond acceptors (Lipinski definition) is 3. The monoisotopic (exact) mass is 233 g/mol. The highest BCUT2D eigenvalue weighted by atomic mass is 35.5. The number of rotatable bonds is 2. The third kappa shape index (κ3) is 2.29. The predicted molar refractivity (Wildman–Crippen MR) is 57.2 cm³/mol. The molecule has 1 aromatic carbocycles. The first-order chi connectivity index (χ1) is 6.56. The number of hydrazone groups is 1. The normalized spacial score (nSPS) is 14.1. The molecule has 0 saturated carbocycles. The summed E-state index contributed by atoms with van der Waals surface area (Å²) in [6.07, 6.45) is -1.06. The average Bonchev–Trinajstić information content (AvgIpc) is 2.20. The summed E-state index contributed by atoms with van der Waals surface area (Å²) in [7, 11) is 0. The van der Waals surface area contributed by atoms with Crippen LogP contribution in [0.5, 0.6) is 0 Å². The van der Waals surface area contributed by atoms with E-state index >= 15 is 0 Å². The molecular formula is C8H9Cl2N3O. The molecular weight excluding hydrogens is 225 g/mol. The Bertz CT molecular complexity index is 368. The molecule has 0 radical (unpaired) electrons. The van der Waals surface area contributed by atoms with Crippen molar-refractivity contribution in [1.29, 1.82) is 0 Å². The van der Waals surface area contributed by atoms with E-state index in [9.17, 15) is 5.11 Å². The summed E-state index contributed by atoms with van der Waals surface area (Å²) < 4.78 is 0. The molecule has 1 aromatic rings. The van der Waals surface area contributed by atoms with Crippen LogP contribution in [0.2, 0.25) is 10.0 Å². The first-order valence-corrected chi connectivity index (χ1v) is 4.48. The smallest absolute Gasteiger partial charge is 0.152 e. The van der Waals surface area contributed by atoms with Crippen molar-refractivity contribution in [2.24, 2.45) is 16.7 Å². The third-order valence-corrected chi connectivity index (χ3v) is 2.43. The van der Waals surface area contributed by atoms with Crippen LogP contribution < -0.4 is 11.6 Å². The quantitative estimate of drug-likeness (QED) is 0.311. The highest BCUT2D eigenvalue weighted by molar-refractivity contribution is 6.42. The van der Waals surface area contributed by atoms with Gasteiger partial charge in [-0.15, -0.1) is 0 Å². The largest absolute Gasteiger partial charge is 0.383 e. The maximum absolute atomic E-state index is 9.57. The highest BCUT2D eigenvalue weighted by Gasteiger charge is 2.12. The first kappa shape index (κ1) is 11.1. The lowest BCUT2D eigenvalue weighted by Crippen LogP contribution is -2.23. The molecule has 0 aliphatic carbocycles. The Hall–Kier alpha value is -0.970. The number of hydrogen-bond donors (Lipinski definition) is 3. The van der Waals surface area contributed by atoms with E-state index in [0.29, 0.717) is 15.6 Å². The molecule has 1 rings (SSSR count). The lowest BCUT2D eigenvalue weighted by Gasteiger charge is -2.09. The molecule has 14 heavy (non-hydrogen) atoms. The van der Waals surface area contributed by atoms with E-state index in [1.54, 1.807) is 12.1 Å². The van der Waals surface area contributed by atoms with Crippen molar-refractivity contribution in [2.45, 2.75) is 6.10 Å². The van der Waals surface area contributed by atoms with Gasteiger partial charge in [-0.05, 0) is 17.7 Å². The molecule has 5 N–H and O–H groups in total. The van der Waals surface area contributed by atoms with Crippen molar-refractivity contribution in [3.8, 4) is 0 Å². The standard InChI is InChI=1S/C8H9Cl2N3O/c9-5-2-1-4(3-6(5)10)7(14)8(11)13-12/h1-3,7,14H,12H2,(H2,11,13). The summed E-state index contributed by atoms with van der Waals surface area (Å²) in [6, 6.07) is 4.66. The van der Waals surface area contributed by atoms with Gasteiger partial charge in [0.25, 0.3) is 0 Å². The number of aliphatic hydroxyl groups is 1. The number of benzene rings is 1. The SMILES string of the molecule is NN=C(N)C(O)c1ccc(Cl)c(Cl)c1. The van der Waals surface area contributed by atoms with Crippen molar-refractivity contribution < 1.29 is 5.11 Å². The van der Waals surface area contributed by atoms with Crippen LogP contribution in [-0.4, -0.2) is 10.9 Å². The zero-order valence-electron chi connectivity index (χ0n) is 7.11. The highest BCUT2D eigenvalue weighted by Crippen LogP contribution is 2.25. The Labute approximate surface area is 91.1 Å². The van der Waals surface area contributed by atoms with E-state index in [2.05, 4.69) is 5.10 Å². The van der Waals surface area contributed by atoms with E-state index in [-0.39, 0.29) is 5.84 Å². The molecule has 1 unspecified atom stereocenters. The van der Waals surface area contributed by atoms with Gasteiger partial charge in [-0.2, -0.15) is 5.10 Å². The van der Waals surface area contributed by atoms with E-state index in [1.165, 1.54) is 6.07 Å². The maximum atomic E-state index is 9.57. The predicted octanol–water partition coefficient (Wildman–Crippen LogP) is 1.26. The first-order valence-electron chi connectivity index (χ1n) is 3.72. The molecule has 0 fully saturated rings. The third-order valence-electron chi connectivity index (χ3n) is 1.69. The van der Waals surface area contributed by atoms with Gasteiger partial charge in [0, 0.05) is 0 Å². The van der Waals surface area contributed by atoms with E-state index in [0.717, 1.165) is 0 Å². The zero-order chi connectivity index (χ0) is 10.7. The Morgan fingerprint density at radius 3 is 2.50 bits per heavy atom. The van der Waals surface area contributed by atoms with E-state index in [4.69, 9.17) is 34.8 Å². The van der Waals surface area contributed by atoms with E-state index in [1.807, 2.05) is 0 Å². The fraction of sp³-hybridized carbons (Fsp3) is 0.125. The maximum Gasteiger partial charge on any atom is 0.152 e. The number of nitrogens with two attached hydrogens (primary N) is 2. The van der Waals surface area contributed by atoms with Crippen LogP contribution in [-0.2, 0) is 0 Å². The van der Waals surface area contributed by atoms with Gasteiger partial charge in [-0.1, -0.05) is 29.3 Å². The van der Waals surface area contributed by atoms with Crippen molar-refractivity contribution >= 4 is 29.0 Å². The lowest BCUT2D eigenvalue weighted by atomic mass is 10.1. The zero-order valence-corrected chi connectivity index (χ0v) is 8.63. The molecule has 1 atom stereocenters. The van der Waals surface area contributed by atoms with Crippen LogP contribution in [0.3, 0.4) is 0 Å². The number of aliphatic hydroxyl groups excluding tert-OH is 1. The van der Waals surface area contributed by atoms with Gasteiger partial charge in [0.2, 0.25) is 0 Å². The van der Waals surface area contributed by atoms with Crippen LogP contribution in [0.25, 0.3) is 0 Å². The molecule has 0 aromatic heterocycles. The Morgan fingerprint density at radius 2 is 2.00 bits per heavy atom. The van der Waals surface area contributed by atoms with Crippen molar-refractivity contribution in [1.82, 2.24) is 0 Å². The Balaban J connectivity index is 3.03. The second-order valence-electron chi connectivity index (χ2n) is 2.63. The van der Waals surface area contributed by atoms with Gasteiger partial charge in [0.15, 0.2) is 5.84 Å². The van der Waals surface area contributed by atoms with Crippen LogP contribution >= 0.6 is 23.2 Å². The summed E-state index contributed by atoms with van der Waals surface area (Å²) in [4.78, 5) is 0. The molecule has 0 bridgehead atoms. The minimum Gasteiger partial charge on any atom is -0.383 e. The van der Waals surface area contributed by atoms with Crippen molar-refractivity contribution in [3.05, 3.63) is 33.8 Å². The minimum atomic E-state index is -1.06. The molecule has 0 amide bonds. The van der Waals surface area contributed by atoms with Gasteiger partial charge >= 0.3 is 0 Å². The molecule has 0 heterocycles. The Kier molecular flexibility index (Phi) is 3.57. The molecule has 76 valence electrons. The van der Waals surface area contributed by atoms with Gasteiger partial charge < -0.3 is 16.7 Å². The minimum absolute atomic E-state index is 0.0802. The van der Waals surface area contributed by atoms with Crippen LogP contribution in [0, 0.1) is 0 Å². The fourth-order valence-electron chi connectivity index (χ4n) is 0.924. The second kappa shape index (κ2) is 4.50. The van der Waals surface area contributed by atoms with Crippen molar-refractivity contribution in [3.63, 3.8) is 0 Å². The summed E-state index contributed by atoms with van der Waals surface area (Å²) in [6.45, 7) is 0. The summed E-state index contributed by atoms with van der Waals surface area (Å²) in [5.41, 5.74) is 5.83. The molecule has 6 heteroatoms. The van der Waals surface area contributed by atoms with Gasteiger partial charge in [0.1, 0.15) is 6.10 Å². The van der Waals surface area contributed by atoms with Crippen LogP contribution in [0.4, 0.5) is 0 Å². The van der Waals surface area contributed by atoms with Crippen LogP contribution in [0.1, 0.15) is 11.7 Å². The van der Waals surface area contributed by atoms with Crippen molar-refractivity contribution in [2.75, 3.05) is 0 Å². The lowest BCUT2D eigenvalue weighted by molar-refractivity contribution is 0.245. The van der Waals surface area contributed by atoms with Crippen LogP contribution in [0.15, 0.2) is 23.3 Å². The summed E-state index contributed by atoms with van der Waals surface area (Å²) in [5, 5.41) is 13.5. The molecule has 0 aliphatic rings. The van der Waals surface area contributed by atoms with Gasteiger partial charge in [-0.25, -0.2) is 0 Å². The molecule has 4 nitrogen and oxygen atoms in total. The topological polar surface area (TPSA) is 84.6 Å². The average molecular weight is 234 g/mol. The number of halogens is 2. The number of amidine groups is 1. The molecule has 0 spiro atoms. The fourth-order valence-corrected chi connectivity index (χ4v) is 1.23. The molecule has 0 saturated heterocycles. The Morgan fingerprint density at radius 1 is 1.36 bits per heavy atom. The van der Waals surface area contributed by atoms with Gasteiger partial charge in [0.05, 0.1) is 10.0 Å². The summed E-state index contributed by atoms with van der Waals surface area (Å²) >= 11 is 11.4. The second-order valence-corrected chi connectivity index (χ2v) is 3.44. The van der Waals surface area contributed by atoms with E-state index < -0.39 is 6.10 Å². The summed E-state index contributed by atoms with van der Waals surface area (Å²) in [5.74, 6) is 4.84. The van der Waals surface area contributed by atoms with Gasteiger partial charge in [-0.3, -0.25) is 0 Å².